The van der Waals surface area contributed by atoms with Gasteiger partial charge in [-0.05, 0) is 24.2 Å². The molecule has 20 heavy (non-hydrogen) atoms. The molecule has 0 aromatic rings. The summed E-state index contributed by atoms with van der Waals surface area (Å²) in [4.78, 5) is 27.0. The number of carboxylic acid groups (broad SMARTS) is 1. The maximum Gasteiger partial charge on any atom is 0.320 e. The summed E-state index contributed by atoms with van der Waals surface area (Å²) in [6.07, 6.45) is 0.966. The van der Waals surface area contributed by atoms with Crippen LogP contribution >= 0.6 is 0 Å². The van der Waals surface area contributed by atoms with Crippen LogP contribution in [0.15, 0.2) is 0 Å². The first kappa shape index (κ1) is 16.8. The molecule has 1 aliphatic heterocycles. The van der Waals surface area contributed by atoms with E-state index in [1.807, 2.05) is 9.80 Å². The SMILES string of the molecule is CC(C)CN(CC(C)C)C(=O)N1CCC(CC(=O)O)C1. The minimum Gasteiger partial charge on any atom is -0.481 e. The fourth-order valence-corrected chi connectivity index (χ4v) is 2.73. The number of hydrogen-bond acceptors (Lipinski definition) is 2. The van der Waals surface area contributed by atoms with Crippen LogP contribution in [0.25, 0.3) is 0 Å². The smallest absolute Gasteiger partial charge is 0.320 e. The van der Waals surface area contributed by atoms with Gasteiger partial charge >= 0.3 is 12.0 Å². The Bertz CT molecular complexity index is 332. The van der Waals surface area contributed by atoms with E-state index in [9.17, 15) is 9.59 Å². The number of likely N-dealkylation sites (tertiary alicyclic amines) is 1. The number of carbonyl (C=O) groups excluding carboxylic acids is 1. The van der Waals surface area contributed by atoms with Crippen molar-refractivity contribution < 1.29 is 14.7 Å². The van der Waals surface area contributed by atoms with Crippen LogP contribution in [0.4, 0.5) is 4.79 Å². The molecular formula is C15H28N2O3. The second kappa shape index (κ2) is 7.50. The minimum atomic E-state index is -0.773. The average molecular weight is 284 g/mol. The molecule has 0 aliphatic carbocycles. The Morgan fingerprint density at radius 3 is 2.20 bits per heavy atom. The van der Waals surface area contributed by atoms with Crippen molar-refractivity contribution in [3.05, 3.63) is 0 Å². The Morgan fingerprint density at radius 2 is 1.75 bits per heavy atom. The molecule has 1 N–H and O–H groups in total. The highest BCUT2D eigenvalue weighted by Crippen LogP contribution is 2.21. The lowest BCUT2D eigenvalue weighted by molar-refractivity contribution is -0.138. The predicted octanol–water partition coefficient (Wildman–Crippen LogP) is 2.52. The summed E-state index contributed by atoms with van der Waals surface area (Å²) in [5.41, 5.74) is 0. The second-order valence-electron chi connectivity index (χ2n) is 6.67. The van der Waals surface area contributed by atoms with Crippen LogP contribution in [0.2, 0.25) is 0 Å². The van der Waals surface area contributed by atoms with Crippen LogP contribution in [0, 0.1) is 17.8 Å². The van der Waals surface area contributed by atoms with Gasteiger partial charge < -0.3 is 14.9 Å². The first-order valence-corrected chi connectivity index (χ1v) is 7.55. The van der Waals surface area contributed by atoms with Crippen LogP contribution in [0.3, 0.4) is 0 Å². The molecule has 5 heteroatoms. The van der Waals surface area contributed by atoms with Crippen LogP contribution in [-0.2, 0) is 4.79 Å². The number of nitrogens with zero attached hydrogens (tertiary/aromatic N) is 2. The number of aliphatic carboxylic acids is 1. The summed E-state index contributed by atoms with van der Waals surface area (Å²) in [5, 5.41) is 8.83. The monoisotopic (exact) mass is 284 g/mol. The van der Waals surface area contributed by atoms with E-state index in [0.29, 0.717) is 24.9 Å². The summed E-state index contributed by atoms with van der Waals surface area (Å²) in [6, 6.07) is 0.0697. The first-order chi connectivity index (χ1) is 9.29. The van der Waals surface area contributed by atoms with Gasteiger partial charge in [-0.1, -0.05) is 27.7 Å². The largest absolute Gasteiger partial charge is 0.481 e. The lowest BCUT2D eigenvalue weighted by Crippen LogP contribution is -2.45. The van der Waals surface area contributed by atoms with E-state index >= 15 is 0 Å². The highest BCUT2D eigenvalue weighted by Gasteiger charge is 2.30. The zero-order valence-electron chi connectivity index (χ0n) is 13.1. The average Bonchev–Trinajstić information content (AvgIpc) is 2.73. The number of amides is 2. The van der Waals surface area contributed by atoms with E-state index in [-0.39, 0.29) is 18.4 Å². The summed E-state index contributed by atoms with van der Waals surface area (Å²) < 4.78 is 0. The lowest BCUT2D eigenvalue weighted by atomic mass is 10.1. The third-order valence-corrected chi connectivity index (χ3v) is 3.46. The maximum atomic E-state index is 12.6. The summed E-state index contributed by atoms with van der Waals surface area (Å²) in [7, 11) is 0. The van der Waals surface area contributed by atoms with Gasteiger partial charge in [-0.3, -0.25) is 4.79 Å². The Labute approximate surface area is 121 Å². The van der Waals surface area contributed by atoms with E-state index < -0.39 is 5.97 Å². The van der Waals surface area contributed by atoms with E-state index in [1.54, 1.807) is 0 Å². The van der Waals surface area contributed by atoms with E-state index in [4.69, 9.17) is 5.11 Å². The van der Waals surface area contributed by atoms with Crippen molar-refractivity contribution in [2.45, 2.75) is 40.5 Å². The molecule has 1 rings (SSSR count). The second-order valence-corrected chi connectivity index (χ2v) is 6.67. The molecule has 0 spiro atoms. The number of carbonyl (C=O) groups is 2. The molecule has 0 bridgehead atoms. The van der Waals surface area contributed by atoms with Gasteiger partial charge in [-0.15, -0.1) is 0 Å². The standard InChI is InChI=1S/C15H28N2O3/c1-11(2)8-17(9-12(3)4)15(20)16-6-5-13(10-16)7-14(18)19/h11-13H,5-10H2,1-4H3,(H,18,19). The number of rotatable bonds is 6. The Morgan fingerprint density at radius 1 is 1.20 bits per heavy atom. The van der Waals surface area contributed by atoms with Gasteiger partial charge in [0, 0.05) is 32.6 Å². The van der Waals surface area contributed by atoms with Crippen molar-refractivity contribution in [2.75, 3.05) is 26.2 Å². The van der Waals surface area contributed by atoms with Crippen molar-refractivity contribution >= 4 is 12.0 Å². The van der Waals surface area contributed by atoms with Crippen molar-refractivity contribution in [1.29, 1.82) is 0 Å². The Balaban J connectivity index is 2.59. The van der Waals surface area contributed by atoms with Crippen LogP contribution < -0.4 is 0 Å². The molecule has 116 valence electrons. The molecule has 0 saturated carbocycles. The summed E-state index contributed by atoms with van der Waals surface area (Å²) in [5.74, 6) is 0.215. The molecule has 0 aromatic heterocycles. The van der Waals surface area contributed by atoms with Gasteiger partial charge in [0.2, 0.25) is 0 Å². The Hall–Kier alpha value is -1.26. The molecule has 1 saturated heterocycles. The van der Waals surface area contributed by atoms with Crippen molar-refractivity contribution in [1.82, 2.24) is 9.80 Å². The maximum absolute atomic E-state index is 12.6. The van der Waals surface area contributed by atoms with Crippen molar-refractivity contribution in [2.24, 2.45) is 17.8 Å². The van der Waals surface area contributed by atoms with Crippen molar-refractivity contribution in [3.63, 3.8) is 0 Å². The van der Waals surface area contributed by atoms with Crippen LogP contribution in [0.5, 0.6) is 0 Å². The zero-order chi connectivity index (χ0) is 15.3. The highest BCUT2D eigenvalue weighted by atomic mass is 16.4. The van der Waals surface area contributed by atoms with Gasteiger partial charge in [0.15, 0.2) is 0 Å². The normalized spacial score (nSPS) is 18.9. The molecule has 0 aromatic carbocycles. The van der Waals surface area contributed by atoms with E-state index in [1.165, 1.54) is 0 Å². The van der Waals surface area contributed by atoms with E-state index in [2.05, 4.69) is 27.7 Å². The lowest BCUT2D eigenvalue weighted by Gasteiger charge is -2.30. The molecule has 1 fully saturated rings. The van der Waals surface area contributed by atoms with Crippen molar-refractivity contribution in [3.8, 4) is 0 Å². The molecule has 1 aliphatic rings. The third-order valence-electron chi connectivity index (χ3n) is 3.46. The van der Waals surface area contributed by atoms with Gasteiger partial charge in [0.25, 0.3) is 0 Å². The number of carboxylic acids is 1. The minimum absolute atomic E-state index is 0.0697. The molecule has 0 radical (unpaired) electrons. The molecular weight excluding hydrogens is 256 g/mol. The molecule has 1 atom stereocenters. The number of hydrogen-bond donors (Lipinski definition) is 1. The molecule has 1 heterocycles. The molecule has 5 nitrogen and oxygen atoms in total. The molecule has 2 amide bonds. The fourth-order valence-electron chi connectivity index (χ4n) is 2.73. The first-order valence-electron chi connectivity index (χ1n) is 7.55. The fraction of sp³-hybridized carbons (Fsp3) is 0.867. The molecule has 1 unspecified atom stereocenters. The third kappa shape index (κ3) is 5.39. The Kier molecular flexibility index (Phi) is 6.30. The van der Waals surface area contributed by atoms with E-state index in [0.717, 1.165) is 19.5 Å². The van der Waals surface area contributed by atoms with Crippen LogP contribution in [-0.4, -0.2) is 53.1 Å². The highest BCUT2D eigenvalue weighted by molar-refractivity contribution is 5.75. The van der Waals surface area contributed by atoms with Gasteiger partial charge in [-0.25, -0.2) is 4.79 Å². The summed E-state index contributed by atoms with van der Waals surface area (Å²) >= 11 is 0. The predicted molar refractivity (Wildman–Crippen MR) is 78.6 cm³/mol. The van der Waals surface area contributed by atoms with Gasteiger partial charge in [0.1, 0.15) is 0 Å². The summed E-state index contributed by atoms with van der Waals surface area (Å²) in [6.45, 7) is 11.2. The zero-order valence-corrected chi connectivity index (χ0v) is 13.1. The van der Waals surface area contributed by atoms with Gasteiger partial charge in [-0.2, -0.15) is 0 Å². The number of urea groups is 1. The topological polar surface area (TPSA) is 60.9 Å². The van der Waals surface area contributed by atoms with Gasteiger partial charge in [0.05, 0.1) is 0 Å². The quantitative estimate of drug-likeness (QED) is 0.815. The van der Waals surface area contributed by atoms with Crippen LogP contribution in [0.1, 0.15) is 40.5 Å².